The van der Waals surface area contributed by atoms with Crippen molar-refractivity contribution in [2.24, 2.45) is 0 Å². The van der Waals surface area contributed by atoms with Gasteiger partial charge >= 0.3 is 6.03 Å². The predicted octanol–water partition coefficient (Wildman–Crippen LogP) is 5.59. The van der Waals surface area contributed by atoms with Crippen LogP contribution >= 0.6 is 0 Å². The van der Waals surface area contributed by atoms with E-state index in [0.29, 0.717) is 35.8 Å². The van der Waals surface area contributed by atoms with E-state index in [1.807, 2.05) is 51.1 Å². The van der Waals surface area contributed by atoms with E-state index in [-0.39, 0.29) is 5.57 Å². The number of hydrogen-bond acceptors (Lipinski definition) is 5. The lowest BCUT2D eigenvalue weighted by Crippen LogP contribution is -2.54. The summed E-state index contributed by atoms with van der Waals surface area (Å²) in [4.78, 5) is 39.7. The van der Waals surface area contributed by atoms with Crippen LogP contribution in [0.4, 0.5) is 10.5 Å². The van der Waals surface area contributed by atoms with Gasteiger partial charge in [0.1, 0.15) is 12.2 Å². The van der Waals surface area contributed by atoms with Crippen LogP contribution in [0.15, 0.2) is 72.8 Å². The molecule has 1 N–H and O–H groups in total. The molecular weight excluding hydrogens is 480 g/mol. The third-order valence-electron chi connectivity index (χ3n) is 6.08. The predicted molar refractivity (Wildman–Crippen MR) is 147 cm³/mol. The number of imide groups is 2. The normalized spacial score (nSPS) is 14.5. The number of barbiturate groups is 1. The van der Waals surface area contributed by atoms with Crippen LogP contribution in [-0.2, 0) is 22.6 Å². The lowest BCUT2D eigenvalue weighted by atomic mass is 10.0. The third kappa shape index (κ3) is 5.67. The number of amides is 4. The number of nitrogens with one attached hydrogen (secondary N) is 1. The van der Waals surface area contributed by atoms with Crippen LogP contribution < -0.4 is 19.7 Å². The van der Waals surface area contributed by atoms with Gasteiger partial charge in [0.25, 0.3) is 11.8 Å². The summed E-state index contributed by atoms with van der Waals surface area (Å²) < 4.78 is 11.8. The number of anilines is 1. The van der Waals surface area contributed by atoms with E-state index in [1.54, 1.807) is 24.3 Å². The number of allylic oxidation sites excluding steroid dienone is 1. The average Bonchev–Trinajstić information content (AvgIpc) is 2.85. The third-order valence-corrected chi connectivity index (χ3v) is 6.08. The van der Waals surface area contributed by atoms with Crippen molar-refractivity contribution < 1.29 is 23.9 Å². The Morgan fingerprint density at radius 3 is 2.34 bits per heavy atom. The molecule has 7 heteroatoms. The monoisotopic (exact) mass is 510 g/mol. The number of ether oxygens (including phenoxy) is 2. The van der Waals surface area contributed by atoms with Crippen molar-refractivity contribution in [2.75, 3.05) is 12.0 Å². The Hall–Kier alpha value is -4.65. The molecule has 0 atom stereocenters. The van der Waals surface area contributed by atoms with Gasteiger partial charge in [-0.3, -0.25) is 14.9 Å². The van der Waals surface area contributed by atoms with Crippen LogP contribution in [0, 0.1) is 20.8 Å². The van der Waals surface area contributed by atoms with Gasteiger partial charge in [0.15, 0.2) is 11.5 Å². The Labute approximate surface area is 222 Å². The molecule has 1 fully saturated rings. The smallest absolute Gasteiger partial charge is 0.335 e. The summed E-state index contributed by atoms with van der Waals surface area (Å²) in [7, 11) is 1.53. The van der Waals surface area contributed by atoms with Gasteiger partial charge < -0.3 is 9.47 Å². The molecule has 0 aliphatic carbocycles. The Balaban J connectivity index is 1.71. The van der Waals surface area contributed by atoms with Crippen LogP contribution in [0.2, 0.25) is 0 Å². The number of carbonyl (C=O) groups excluding carboxylic acids is 3. The van der Waals surface area contributed by atoms with Crippen molar-refractivity contribution >= 4 is 29.6 Å². The maximum Gasteiger partial charge on any atom is 0.335 e. The maximum atomic E-state index is 13.4. The van der Waals surface area contributed by atoms with E-state index in [0.717, 1.165) is 32.7 Å². The van der Waals surface area contributed by atoms with Crippen molar-refractivity contribution in [3.63, 3.8) is 0 Å². The molecule has 1 aliphatic heterocycles. The highest BCUT2D eigenvalue weighted by Crippen LogP contribution is 2.35. The van der Waals surface area contributed by atoms with Gasteiger partial charge in [-0.05, 0) is 79.8 Å². The lowest BCUT2D eigenvalue weighted by Gasteiger charge is -2.27. The molecule has 1 aliphatic rings. The van der Waals surface area contributed by atoms with Crippen molar-refractivity contribution in [2.45, 2.75) is 33.8 Å². The molecule has 7 nitrogen and oxygen atoms in total. The van der Waals surface area contributed by atoms with Gasteiger partial charge in [-0.2, -0.15) is 0 Å². The number of aryl methyl sites for hydroxylation is 3. The molecule has 4 amide bonds. The SMILES string of the molecule is C=CCc1cc(/C=C2\C(=O)NC(=O)N(c3cc(C)cc(C)c3)C2=O)cc(OC)c1OCc1cccc(C)c1. The molecule has 4 rings (SSSR count). The number of hydrogen-bond donors (Lipinski definition) is 1. The van der Waals surface area contributed by atoms with Gasteiger partial charge in [-0.15, -0.1) is 6.58 Å². The molecule has 38 heavy (non-hydrogen) atoms. The Kier molecular flexibility index (Phi) is 7.76. The first kappa shape index (κ1) is 26.4. The summed E-state index contributed by atoms with van der Waals surface area (Å²) >= 11 is 0. The first-order valence-corrected chi connectivity index (χ1v) is 12.2. The van der Waals surface area contributed by atoms with Gasteiger partial charge in [0, 0.05) is 5.56 Å². The van der Waals surface area contributed by atoms with Crippen molar-refractivity contribution in [3.8, 4) is 11.5 Å². The summed E-state index contributed by atoms with van der Waals surface area (Å²) in [5, 5.41) is 2.28. The summed E-state index contributed by atoms with van der Waals surface area (Å²) in [6, 6.07) is 16.2. The molecule has 0 radical (unpaired) electrons. The fourth-order valence-electron chi connectivity index (χ4n) is 4.49. The van der Waals surface area contributed by atoms with Crippen molar-refractivity contribution in [1.82, 2.24) is 5.32 Å². The van der Waals surface area contributed by atoms with Crippen molar-refractivity contribution in [1.29, 1.82) is 0 Å². The van der Waals surface area contributed by atoms with Crippen LogP contribution in [0.25, 0.3) is 6.08 Å². The number of carbonyl (C=O) groups is 3. The zero-order valence-corrected chi connectivity index (χ0v) is 22.0. The highest BCUT2D eigenvalue weighted by molar-refractivity contribution is 6.39. The molecule has 0 aromatic heterocycles. The number of nitrogens with zero attached hydrogens (tertiary/aromatic N) is 1. The van der Waals surface area contributed by atoms with Crippen LogP contribution in [0.1, 0.15) is 33.4 Å². The Morgan fingerprint density at radius 1 is 0.947 bits per heavy atom. The van der Waals surface area contributed by atoms with Crippen molar-refractivity contribution in [3.05, 3.63) is 106 Å². The minimum Gasteiger partial charge on any atom is -0.493 e. The van der Waals surface area contributed by atoms with E-state index in [9.17, 15) is 14.4 Å². The largest absolute Gasteiger partial charge is 0.493 e. The van der Waals surface area contributed by atoms with Gasteiger partial charge in [-0.1, -0.05) is 42.0 Å². The molecule has 3 aromatic carbocycles. The highest BCUT2D eigenvalue weighted by Gasteiger charge is 2.37. The highest BCUT2D eigenvalue weighted by atomic mass is 16.5. The molecule has 1 saturated heterocycles. The van der Waals surface area contributed by atoms with Crippen LogP contribution in [-0.4, -0.2) is 25.0 Å². The van der Waals surface area contributed by atoms with E-state index in [2.05, 4.69) is 18.0 Å². The standard InChI is InChI=1S/C31H30N2O5/c1-6-8-24-15-23(17-27(37-5)28(24)38-18-22-10-7-9-19(2)12-22)16-26-29(34)32-31(36)33(30(26)35)25-13-20(3)11-21(4)14-25/h6-7,9-17H,1,8,18H2,2-5H3,(H,32,34,36)/b26-16+. The second-order valence-electron chi connectivity index (χ2n) is 9.29. The Bertz CT molecular complexity index is 1450. The van der Waals surface area contributed by atoms with E-state index in [4.69, 9.17) is 9.47 Å². The molecule has 0 bridgehead atoms. The lowest BCUT2D eigenvalue weighted by molar-refractivity contribution is -0.122. The van der Waals surface area contributed by atoms with Crippen LogP contribution in [0.3, 0.4) is 0 Å². The number of urea groups is 1. The quantitative estimate of drug-likeness (QED) is 0.242. The first-order valence-electron chi connectivity index (χ1n) is 12.2. The molecular formula is C31H30N2O5. The summed E-state index contributed by atoms with van der Waals surface area (Å²) in [6.45, 7) is 9.96. The molecule has 194 valence electrons. The van der Waals surface area contributed by atoms with E-state index in [1.165, 1.54) is 13.2 Å². The fourth-order valence-corrected chi connectivity index (χ4v) is 4.49. The summed E-state index contributed by atoms with van der Waals surface area (Å²) in [5.41, 5.74) is 5.50. The number of benzene rings is 3. The van der Waals surface area contributed by atoms with Gasteiger partial charge in [-0.25, -0.2) is 9.69 Å². The fraction of sp³-hybridized carbons (Fsp3) is 0.194. The number of rotatable bonds is 8. The second kappa shape index (κ2) is 11.2. The average molecular weight is 511 g/mol. The molecule has 1 heterocycles. The van der Waals surface area contributed by atoms with E-state index >= 15 is 0 Å². The molecule has 0 saturated carbocycles. The minimum absolute atomic E-state index is 0.163. The topological polar surface area (TPSA) is 84.9 Å². The second-order valence-corrected chi connectivity index (χ2v) is 9.29. The van der Waals surface area contributed by atoms with Gasteiger partial charge in [0.05, 0.1) is 12.8 Å². The summed E-state index contributed by atoms with van der Waals surface area (Å²) in [5.74, 6) is -0.449. The maximum absolute atomic E-state index is 13.4. The first-order chi connectivity index (χ1) is 18.2. The zero-order valence-electron chi connectivity index (χ0n) is 22.0. The molecule has 0 spiro atoms. The van der Waals surface area contributed by atoms with Crippen LogP contribution in [0.5, 0.6) is 11.5 Å². The molecule has 0 unspecified atom stereocenters. The Morgan fingerprint density at radius 2 is 1.68 bits per heavy atom. The minimum atomic E-state index is -0.785. The summed E-state index contributed by atoms with van der Waals surface area (Å²) in [6.07, 6.45) is 3.67. The van der Waals surface area contributed by atoms with Gasteiger partial charge in [0.2, 0.25) is 0 Å². The van der Waals surface area contributed by atoms with E-state index < -0.39 is 17.8 Å². The number of methoxy groups -OCH3 is 1. The zero-order chi connectivity index (χ0) is 27.4. The molecule has 3 aromatic rings.